The Hall–Kier alpha value is -0.830. The zero-order valence-corrected chi connectivity index (χ0v) is 11.3. The second-order valence-electron chi connectivity index (χ2n) is 4.59. The Morgan fingerprint density at radius 3 is 2.81 bits per heavy atom. The molecular weight excluding hydrogens is 266 g/mol. The minimum atomic E-state index is 0.130. The average Bonchev–Trinajstić information content (AvgIpc) is 3.04. The van der Waals surface area contributed by atoms with E-state index in [1.54, 1.807) is 0 Å². The number of hydrogen-bond donors (Lipinski definition) is 0. The monoisotopic (exact) mass is 281 g/mol. The van der Waals surface area contributed by atoms with Gasteiger partial charge >= 0.3 is 0 Å². The van der Waals surface area contributed by atoms with Crippen LogP contribution in [0.25, 0.3) is 0 Å². The highest BCUT2D eigenvalue weighted by Crippen LogP contribution is 2.30. The Labute approximate surface area is 105 Å². The molecular formula is C13H16BrNO. The van der Waals surface area contributed by atoms with E-state index in [4.69, 9.17) is 0 Å². The lowest BCUT2D eigenvalue weighted by Gasteiger charge is -2.18. The third kappa shape index (κ3) is 2.64. The normalized spacial score (nSPS) is 14.9. The fourth-order valence-electron chi connectivity index (χ4n) is 1.80. The molecule has 1 amide bonds. The Morgan fingerprint density at radius 1 is 1.50 bits per heavy atom. The Morgan fingerprint density at radius 2 is 2.19 bits per heavy atom. The molecule has 0 atom stereocenters. The van der Waals surface area contributed by atoms with Crippen molar-refractivity contribution in [1.29, 1.82) is 0 Å². The van der Waals surface area contributed by atoms with E-state index in [0.717, 1.165) is 28.1 Å². The van der Waals surface area contributed by atoms with Crippen molar-refractivity contribution in [3.63, 3.8) is 0 Å². The molecule has 1 aromatic carbocycles. The largest absolute Gasteiger partial charge is 0.341 e. The highest BCUT2D eigenvalue weighted by molar-refractivity contribution is 9.10. The predicted molar refractivity (Wildman–Crippen MR) is 68.6 cm³/mol. The second-order valence-corrected chi connectivity index (χ2v) is 5.50. The van der Waals surface area contributed by atoms with Crippen LogP contribution in [0, 0.1) is 12.8 Å². The number of benzene rings is 1. The summed E-state index contributed by atoms with van der Waals surface area (Å²) in [5.74, 6) is 0.868. The molecule has 1 fully saturated rings. The molecule has 0 unspecified atom stereocenters. The molecule has 0 aliphatic heterocycles. The zero-order valence-electron chi connectivity index (χ0n) is 9.66. The van der Waals surface area contributed by atoms with Crippen molar-refractivity contribution in [2.75, 3.05) is 13.6 Å². The van der Waals surface area contributed by atoms with Crippen LogP contribution in [-0.2, 0) is 0 Å². The fourth-order valence-corrected chi connectivity index (χ4v) is 2.16. The zero-order chi connectivity index (χ0) is 11.7. The van der Waals surface area contributed by atoms with E-state index in [2.05, 4.69) is 15.9 Å². The maximum absolute atomic E-state index is 12.2. The van der Waals surface area contributed by atoms with Gasteiger partial charge in [-0.2, -0.15) is 0 Å². The summed E-state index contributed by atoms with van der Waals surface area (Å²) in [7, 11) is 1.89. The second kappa shape index (κ2) is 4.58. The molecule has 0 saturated heterocycles. The van der Waals surface area contributed by atoms with Crippen LogP contribution < -0.4 is 0 Å². The maximum Gasteiger partial charge on any atom is 0.253 e. The summed E-state index contributed by atoms with van der Waals surface area (Å²) in [6.45, 7) is 2.87. The molecule has 0 aromatic heterocycles. The van der Waals surface area contributed by atoms with E-state index in [0.29, 0.717) is 0 Å². The summed E-state index contributed by atoms with van der Waals surface area (Å²) in [5, 5.41) is 0. The maximum atomic E-state index is 12.2. The lowest BCUT2D eigenvalue weighted by atomic mass is 10.1. The van der Waals surface area contributed by atoms with E-state index >= 15 is 0 Å². The molecule has 3 heteroatoms. The topological polar surface area (TPSA) is 20.3 Å². The van der Waals surface area contributed by atoms with Crippen LogP contribution in [0.1, 0.15) is 28.8 Å². The number of hydrogen-bond acceptors (Lipinski definition) is 1. The third-order valence-corrected chi connectivity index (χ3v) is 3.50. The van der Waals surface area contributed by atoms with Crippen molar-refractivity contribution < 1.29 is 4.79 Å². The summed E-state index contributed by atoms with van der Waals surface area (Å²) >= 11 is 3.41. The number of carbonyl (C=O) groups is 1. The molecule has 1 saturated carbocycles. The van der Waals surface area contributed by atoms with Crippen LogP contribution in [0.3, 0.4) is 0 Å². The quantitative estimate of drug-likeness (QED) is 0.833. The standard InChI is InChI=1S/C13H16BrNO/c1-9-3-6-11(14)7-12(9)13(16)15(2)8-10-4-5-10/h3,6-7,10H,4-5,8H2,1-2H3. The van der Waals surface area contributed by atoms with Crippen molar-refractivity contribution in [2.24, 2.45) is 5.92 Å². The first-order valence-electron chi connectivity index (χ1n) is 5.59. The van der Waals surface area contributed by atoms with E-state index in [1.165, 1.54) is 12.8 Å². The number of nitrogens with zero attached hydrogens (tertiary/aromatic N) is 1. The molecule has 1 aliphatic rings. The molecule has 2 nitrogen and oxygen atoms in total. The minimum Gasteiger partial charge on any atom is -0.341 e. The summed E-state index contributed by atoms with van der Waals surface area (Å²) in [5.41, 5.74) is 1.84. The van der Waals surface area contributed by atoms with Crippen molar-refractivity contribution in [3.05, 3.63) is 33.8 Å². The van der Waals surface area contributed by atoms with Gasteiger partial charge in [-0.15, -0.1) is 0 Å². The molecule has 0 radical (unpaired) electrons. The van der Waals surface area contributed by atoms with Gasteiger partial charge in [-0.3, -0.25) is 4.79 Å². The SMILES string of the molecule is Cc1ccc(Br)cc1C(=O)N(C)CC1CC1. The van der Waals surface area contributed by atoms with E-state index < -0.39 is 0 Å². The van der Waals surface area contributed by atoms with Crippen LogP contribution >= 0.6 is 15.9 Å². The Kier molecular flexibility index (Phi) is 3.33. The smallest absolute Gasteiger partial charge is 0.253 e. The molecule has 16 heavy (non-hydrogen) atoms. The molecule has 0 N–H and O–H groups in total. The highest BCUT2D eigenvalue weighted by Gasteiger charge is 2.25. The van der Waals surface area contributed by atoms with E-state index in [9.17, 15) is 4.79 Å². The van der Waals surface area contributed by atoms with Gasteiger partial charge in [-0.25, -0.2) is 0 Å². The summed E-state index contributed by atoms with van der Waals surface area (Å²) in [4.78, 5) is 14.0. The summed E-state index contributed by atoms with van der Waals surface area (Å²) in [6.07, 6.45) is 2.55. The predicted octanol–water partition coefficient (Wildman–Crippen LogP) is 3.24. The number of amides is 1. The summed E-state index contributed by atoms with van der Waals surface area (Å²) < 4.78 is 0.960. The van der Waals surface area contributed by atoms with Gasteiger partial charge in [0.05, 0.1) is 0 Å². The molecule has 0 spiro atoms. The number of carbonyl (C=O) groups excluding carboxylic acids is 1. The van der Waals surface area contributed by atoms with Crippen LogP contribution in [0.4, 0.5) is 0 Å². The van der Waals surface area contributed by atoms with Crippen molar-refractivity contribution in [3.8, 4) is 0 Å². The third-order valence-electron chi connectivity index (χ3n) is 3.01. The van der Waals surface area contributed by atoms with Crippen molar-refractivity contribution in [2.45, 2.75) is 19.8 Å². The van der Waals surface area contributed by atoms with Gasteiger partial charge in [0, 0.05) is 23.6 Å². The van der Waals surface area contributed by atoms with Crippen molar-refractivity contribution in [1.82, 2.24) is 4.90 Å². The van der Waals surface area contributed by atoms with Crippen molar-refractivity contribution >= 4 is 21.8 Å². The van der Waals surface area contributed by atoms with Gasteiger partial charge in [-0.1, -0.05) is 22.0 Å². The molecule has 1 aliphatic carbocycles. The van der Waals surface area contributed by atoms with Gasteiger partial charge in [-0.05, 0) is 43.4 Å². The van der Waals surface area contributed by atoms with E-state index in [1.807, 2.05) is 37.1 Å². The molecule has 0 heterocycles. The van der Waals surface area contributed by atoms with Crippen LogP contribution in [-0.4, -0.2) is 24.4 Å². The molecule has 2 rings (SSSR count). The number of halogens is 1. The first kappa shape index (κ1) is 11.6. The first-order chi connectivity index (χ1) is 7.58. The van der Waals surface area contributed by atoms with Gasteiger partial charge in [0.25, 0.3) is 5.91 Å². The molecule has 1 aromatic rings. The van der Waals surface area contributed by atoms with Gasteiger partial charge in [0.2, 0.25) is 0 Å². The lowest BCUT2D eigenvalue weighted by molar-refractivity contribution is 0.0788. The summed E-state index contributed by atoms with van der Waals surface area (Å²) in [6, 6.07) is 5.84. The van der Waals surface area contributed by atoms with Gasteiger partial charge in [0.15, 0.2) is 0 Å². The Balaban J connectivity index is 2.14. The van der Waals surface area contributed by atoms with Crippen LogP contribution in [0.2, 0.25) is 0 Å². The fraction of sp³-hybridized carbons (Fsp3) is 0.462. The Bertz CT molecular complexity index is 412. The molecule has 0 bridgehead atoms. The van der Waals surface area contributed by atoms with Crippen LogP contribution in [0.5, 0.6) is 0 Å². The molecule has 86 valence electrons. The van der Waals surface area contributed by atoms with Crippen LogP contribution in [0.15, 0.2) is 22.7 Å². The first-order valence-corrected chi connectivity index (χ1v) is 6.39. The van der Waals surface area contributed by atoms with Gasteiger partial charge < -0.3 is 4.90 Å². The number of rotatable bonds is 3. The minimum absolute atomic E-state index is 0.130. The highest BCUT2D eigenvalue weighted by atomic mass is 79.9. The number of aryl methyl sites for hydroxylation is 1. The van der Waals surface area contributed by atoms with E-state index in [-0.39, 0.29) is 5.91 Å². The average molecular weight is 282 g/mol. The van der Waals surface area contributed by atoms with Gasteiger partial charge in [0.1, 0.15) is 0 Å². The lowest BCUT2D eigenvalue weighted by Crippen LogP contribution is -2.29.